The first-order valence-electron chi connectivity index (χ1n) is 7.17. The third-order valence-corrected chi connectivity index (χ3v) is 4.33. The normalized spacial score (nSPS) is 25.0. The van der Waals surface area contributed by atoms with Gasteiger partial charge >= 0.3 is 11.9 Å². The minimum atomic E-state index is -1.19. The lowest BCUT2D eigenvalue weighted by Gasteiger charge is -2.23. The SMILES string of the molecule is CCOC(=O)[C@]1(CCC(C)C)C[C@H](CSC(=N)N)OC1=O. The number of nitrogens with two attached hydrogens (primary N) is 1. The highest BCUT2D eigenvalue weighted by molar-refractivity contribution is 8.13. The van der Waals surface area contributed by atoms with Gasteiger partial charge in [0.25, 0.3) is 0 Å². The van der Waals surface area contributed by atoms with E-state index in [1.165, 1.54) is 0 Å². The molecular weight excluding hydrogens is 292 g/mol. The number of esters is 2. The molecule has 0 aromatic heterocycles. The highest BCUT2D eigenvalue weighted by Gasteiger charge is 2.55. The molecule has 21 heavy (non-hydrogen) atoms. The fourth-order valence-electron chi connectivity index (χ4n) is 2.33. The van der Waals surface area contributed by atoms with Gasteiger partial charge in [0.05, 0.1) is 6.61 Å². The Hall–Kier alpha value is -1.24. The van der Waals surface area contributed by atoms with Crippen molar-refractivity contribution in [1.29, 1.82) is 5.41 Å². The lowest BCUT2D eigenvalue weighted by atomic mass is 9.79. The van der Waals surface area contributed by atoms with Crippen molar-refractivity contribution in [3.05, 3.63) is 0 Å². The van der Waals surface area contributed by atoms with Crippen LogP contribution in [0.2, 0.25) is 0 Å². The number of ether oxygens (including phenoxy) is 2. The summed E-state index contributed by atoms with van der Waals surface area (Å²) in [6, 6.07) is 0. The standard InChI is InChI=1S/C14H24N2O4S/c1-4-19-11(17)14(6-5-9(2)3)7-10(20-12(14)18)8-21-13(15)16/h9-10H,4-8H2,1-3H3,(H3,15,16)/t10-,14+/m1/s1. The Morgan fingerprint density at radius 3 is 2.81 bits per heavy atom. The molecular formula is C14H24N2O4S. The first-order valence-corrected chi connectivity index (χ1v) is 8.15. The number of carbonyl (C=O) groups excluding carboxylic acids is 2. The second kappa shape index (κ2) is 7.68. The van der Waals surface area contributed by atoms with Gasteiger partial charge in [0.1, 0.15) is 6.10 Å². The zero-order chi connectivity index (χ0) is 16.0. The summed E-state index contributed by atoms with van der Waals surface area (Å²) in [5.74, 6) is -0.222. The number of thioether (sulfide) groups is 1. The number of cyclic esters (lactones) is 1. The van der Waals surface area contributed by atoms with E-state index in [2.05, 4.69) is 0 Å². The summed E-state index contributed by atoms with van der Waals surface area (Å²) < 4.78 is 10.4. The third-order valence-electron chi connectivity index (χ3n) is 3.48. The van der Waals surface area contributed by atoms with Gasteiger partial charge in [0.2, 0.25) is 0 Å². The monoisotopic (exact) mass is 316 g/mol. The Balaban J connectivity index is 2.83. The number of amidine groups is 1. The van der Waals surface area contributed by atoms with Gasteiger partial charge in [0, 0.05) is 12.2 Å². The van der Waals surface area contributed by atoms with Crippen LogP contribution in [0.1, 0.15) is 40.0 Å². The van der Waals surface area contributed by atoms with Gasteiger partial charge in [-0.15, -0.1) is 0 Å². The zero-order valence-electron chi connectivity index (χ0n) is 12.8. The zero-order valence-corrected chi connectivity index (χ0v) is 13.6. The molecule has 1 heterocycles. The molecule has 0 aromatic rings. The quantitative estimate of drug-likeness (QED) is 0.322. The van der Waals surface area contributed by atoms with Crippen LogP contribution in [0, 0.1) is 16.7 Å². The molecule has 0 amide bonds. The second-order valence-electron chi connectivity index (χ2n) is 5.64. The average Bonchev–Trinajstić information content (AvgIpc) is 2.72. The van der Waals surface area contributed by atoms with Crippen molar-refractivity contribution in [3.63, 3.8) is 0 Å². The largest absolute Gasteiger partial charge is 0.465 e. The predicted molar refractivity (Wildman–Crippen MR) is 82.0 cm³/mol. The molecule has 0 saturated carbocycles. The minimum absolute atomic E-state index is 0.0261. The topological polar surface area (TPSA) is 102 Å². The molecule has 1 fully saturated rings. The van der Waals surface area contributed by atoms with Crippen LogP contribution in [0.5, 0.6) is 0 Å². The molecule has 3 N–H and O–H groups in total. The second-order valence-corrected chi connectivity index (χ2v) is 6.70. The molecule has 1 aliphatic heterocycles. The van der Waals surface area contributed by atoms with E-state index >= 15 is 0 Å². The molecule has 7 heteroatoms. The Bertz CT molecular complexity index is 414. The average molecular weight is 316 g/mol. The Morgan fingerprint density at radius 2 is 2.29 bits per heavy atom. The molecule has 0 bridgehead atoms. The van der Waals surface area contributed by atoms with Gasteiger partial charge in [-0.1, -0.05) is 25.6 Å². The maximum absolute atomic E-state index is 12.3. The van der Waals surface area contributed by atoms with E-state index in [4.69, 9.17) is 20.6 Å². The van der Waals surface area contributed by atoms with E-state index < -0.39 is 23.5 Å². The Morgan fingerprint density at radius 1 is 1.62 bits per heavy atom. The summed E-state index contributed by atoms with van der Waals surface area (Å²) in [4.78, 5) is 24.5. The summed E-state index contributed by atoms with van der Waals surface area (Å²) in [5.41, 5.74) is 4.10. The van der Waals surface area contributed by atoms with Gasteiger partial charge < -0.3 is 15.2 Å². The summed E-state index contributed by atoms with van der Waals surface area (Å²) >= 11 is 1.11. The van der Waals surface area contributed by atoms with Gasteiger partial charge in [0.15, 0.2) is 10.6 Å². The summed E-state index contributed by atoms with van der Waals surface area (Å²) in [7, 11) is 0. The Kier molecular flexibility index (Phi) is 6.51. The number of carbonyl (C=O) groups is 2. The van der Waals surface area contributed by atoms with Crippen LogP contribution >= 0.6 is 11.8 Å². The summed E-state index contributed by atoms with van der Waals surface area (Å²) in [6.45, 7) is 6.05. The van der Waals surface area contributed by atoms with Crippen LogP contribution < -0.4 is 5.73 Å². The van der Waals surface area contributed by atoms with Crippen molar-refractivity contribution in [2.45, 2.75) is 46.1 Å². The maximum atomic E-state index is 12.3. The molecule has 0 spiro atoms. The molecule has 2 atom stereocenters. The van der Waals surface area contributed by atoms with Crippen LogP contribution in [0.3, 0.4) is 0 Å². The van der Waals surface area contributed by atoms with Crippen LogP contribution in [0.15, 0.2) is 0 Å². The molecule has 120 valence electrons. The van der Waals surface area contributed by atoms with Crippen molar-refractivity contribution in [2.24, 2.45) is 17.1 Å². The van der Waals surface area contributed by atoms with E-state index in [-0.39, 0.29) is 11.8 Å². The van der Waals surface area contributed by atoms with Gasteiger partial charge in [-0.2, -0.15) is 0 Å². The first-order chi connectivity index (χ1) is 9.81. The van der Waals surface area contributed by atoms with E-state index in [0.29, 0.717) is 24.5 Å². The van der Waals surface area contributed by atoms with Crippen LogP contribution in [0.25, 0.3) is 0 Å². The van der Waals surface area contributed by atoms with Crippen molar-refractivity contribution in [2.75, 3.05) is 12.4 Å². The van der Waals surface area contributed by atoms with Gasteiger partial charge in [-0.05, 0) is 25.7 Å². The van der Waals surface area contributed by atoms with Crippen molar-refractivity contribution >= 4 is 28.9 Å². The van der Waals surface area contributed by atoms with E-state index in [0.717, 1.165) is 18.2 Å². The molecule has 0 unspecified atom stereocenters. The van der Waals surface area contributed by atoms with Crippen molar-refractivity contribution in [1.82, 2.24) is 0 Å². The van der Waals surface area contributed by atoms with E-state index in [1.54, 1.807) is 6.92 Å². The van der Waals surface area contributed by atoms with E-state index in [1.807, 2.05) is 13.8 Å². The first kappa shape index (κ1) is 17.8. The van der Waals surface area contributed by atoms with Crippen molar-refractivity contribution < 1.29 is 19.1 Å². The van der Waals surface area contributed by atoms with Crippen LogP contribution in [0.4, 0.5) is 0 Å². The summed E-state index contributed by atoms with van der Waals surface area (Å²) in [5, 5.41) is 7.18. The van der Waals surface area contributed by atoms with Crippen LogP contribution in [-0.2, 0) is 19.1 Å². The number of rotatable bonds is 7. The fourth-order valence-corrected chi connectivity index (χ4v) is 2.88. The third kappa shape index (κ3) is 4.62. The fraction of sp³-hybridized carbons (Fsp3) is 0.786. The molecule has 1 rings (SSSR count). The molecule has 0 aliphatic carbocycles. The van der Waals surface area contributed by atoms with E-state index in [9.17, 15) is 9.59 Å². The number of hydrogen-bond donors (Lipinski definition) is 2. The molecule has 1 aliphatic rings. The molecule has 1 saturated heterocycles. The summed E-state index contributed by atoms with van der Waals surface area (Å²) in [6.07, 6.45) is 1.09. The molecule has 0 aromatic carbocycles. The van der Waals surface area contributed by atoms with Gasteiger partial charge in [-0.3, -0.25) is 15.0 Å². The number of nitrogens with one attached hydrogen (secondary N) is 1. The predicted octanol–water partition coefficient (Wildman–Crippen LogP) is 1.91. The van der Waals surface area contributed by atoms with Crippen molar-refractivity contribution in [3.8, 4) is 0 Å². The smallest absolute Gasteiger partial charge is 0.323 e. The molecule has 6 nitrogen and oxygen atoms in total. The van der Waals surface area contributed by atoms with Crippen LogP contribution in [-0.4, -0.2) is 35.6 Å². The highest BCUT2D eigenvalue weighted by Crippen LogP contribution is 2.41. The van der Waals surface area contributed by atoms with Gasteiger partial charge in [-0.25, -0.2) is 0 Å². The maximum Gasteiger partial charge on any atom is 0.323 e. The minimum Gasteiger partial charge on any atom is -0.465 e. The lowest BCUT2D eigenvalue weighted by Crippen LogP contribution is -2.38. The highest BCUT2D eigenvalue weighted by atomic mass is 32.2. The Labute approximate surface area is 129 Å². The number of hydrogen-bond acceptors (Lipinski definition) is 6. The lowest BCUT2D eigenvalue weighted by molar-refractivity contribution is -0.165. The molecule has 0 radical (unpaired) electrons.